The highest BCUT2D eigenvalue weighted by Crippen LogP contribution is 2.24. The SMILES string of the molecule is COc1ccc2[nH]cc(C(=O)C[NH+]3CCN(c4ccc([N+](=O)[O-])cc4)CC3)c2c1. The molecule has 8 nitrogen and oxygen atoms in total. The molecule has 1 fully saturated rings. The van der Waals surface area contributed by atoms with Crippen LogP contribution < -0.4 is 14.5 Å². The number of Topliss-reactive ketones (excluding diaryl/α,β-unsaturated/α-hetero) is 1. The van der Waals surface area contributed by atoms with Gasteiger partial charge in [0.05, 0.1) is 38.2 Å². The number of piperazine rings is 1. The topological polar surface area (TPSA) is 92.9 Å². The zero-order valence-corrected chi connectivity index (χ0v) is 16.2. The summed E-state index contributed by atoms with van der Waals surface area (Å²) in [6.07, 6.45) is 1.78. The molecule has 0 saturated carbocycles. The Morgan fingerprint density at radius 2 is 1.93 bits per heavy atom. The van der Waals surface area contributed by atoms with Gasteiger partial charge >= 0.3 is 0 Å². The number of carbonyl (C=O) groups excluding carboxylic acids is 1. The summed E-state index contributed by atoms with van der Waals surface area (Å²) in [5.41, 5.74) is 2.69. The number of H-pyrrole nitrogens is 1. The van der Waals surface area contributed by atoms with Crippen molar-refractivity contribution in [3.05, 3.63) is 64.3 Å². The van der Waals surface area contributed by atoms with Crippen molar-refractivity contribution in [2.75, 3.05) is 44.7 Å². The number of nitrogens with zero attached hydrogens (tertiary/aromatic N) is 2. The molecule has 1 aliphatic heterocycles. The van der Waals surface area contributed by atoms with Crippen LogP contribution >= 0.6 is 0 Å². The van der Waals surface area contributed by atoms with E-state index in [-0.39, 0.29) is 11.5 Å². The Morgan fingerprint density at radius 1 is 1.21 bits per heavy atom. The summed E-state index contributed by atoms with van der Waals surface area (Å²) in [4.78, 5) is 29.9. The van der Waals surface area contributed by atoms with E-state index in [0.29, 0.717) is 12.1 Å². The minimum atomic E-state index is -0.391. The maximum atomic E-state index is 12.9. The average Bonchev–Trinajstić information content (AvgIpc) is 3.17. The molecule has 2 heterocycles. The predicted molar refractivity (Wildman–Crippen MR) is 110 cm³/mol. The number of nitro benzene ring substituents is 1. The van der Waals surface area contributed by atoms with Crippen molar-refractivity contribution in [3.63, 3.8) is 0 Å². The molecule has 150 valence electrons. The van der Waals surface area contributed by atoms with Crippen molar-refractivity contribution < 1.29 is 19.4 Å². The van der Waals surface area contributed by atoms with E-state index in [2.05, 4.69) is 9.88 Å². The number of non-ortho nitro benzene ring substituents is 1. The van der Waals surface area contributed by atoms with Gasteiger partial charge in [-0.25, -0.2) is 0 Å². The third-order valence-corrected chi connectivity index (χ3v) is 5.50. The van der Waals surface area contributed by atoms with E-state index < -0.39 is 4.92 Å². The van der Waals surface area contributed by atoms with Gasteiger partial charge in [0.25, 0.3) is 5.69 Å². The van der Waals surface area contributed by atoms with Gasteiger partial charge in [-0.05, 0) is 30.3 Å². The van der Waals surface area contributed by atoms with Gasteiger partial charge in [-0.1, -0.05) is 0 Å². The van der Waals surface area contributed by atoms with Crippen LogP contribution in [0.15, 0.2) is 48.7 Å². The quantitative estimate of drug-likeness (QED) is 0.376. The van der Waals surface area contributed by atoms with Gasteiger partial charge in [-0.2, -0.15) is 0 Å². The number of hydrogen-bond acceptors (Lipinski definition) is 5. The Labute approximate surface area is 167 Å². The molecule has 1 saturated heterocycles. The summed E-state index contributed by atoms with van der Waals surface area (Å²) >= 11 is 0. The molecule has 0 unspecified atom stereocenters. The van der Waals surface area contributed by atoms with E-state index in [4.69, 9.17) is 4.74 Å². The van der Waals surface area contributed by atoms with Crippen molar-refractivity contribution in [2.45, 2.75) is 0 Å². The number of anilines is 1. The van der Waals surface area contributed by atoms with Crippen LogP contribution in [0.3, 0.4) is 0 Å². The summed E-state index contributed by atoms with van der Waals surface area (Å²) in [6, 6.07) is 12.3. The van der Waals surface area contributed by atoms with Crippen molar-refractivity contribution in [2.24, 2.45) is 0 Å². The van der Waals surface area contributed by atoms with Crippen molar-refractivity contribution >= 4 is 28.1 Å². The Hall–Kier alpha value is -3.39. The van der Waals surface area contributed by atoms with Gasteiger partial charge in [0.2, 0.25) is 5.78 Å². The number of aromatic nitrogens is 1. The second-order valence-electron chi connectivity index (χ2n) is 7.22. The van der Waals surface area contributed by atoms with Crippen molar-refractivity contribution in [1.82, 2.24) is 4.98 Å². The minimum absolute atomic E-state index is 0.0963. The molecule has 2 N–H and O–H groups in total. The highest BCUT2D eigenvalue weighted by Gasteiger charge is 2.24. The Balaban J connectivity index is 1.38. The number of ketones is 1. The largest absolute Gasteiger partial charge is 0.497 e. The zero-order chi connectivity index (χ0) is 20.4. The molecule has 3 aromatic rings. The van der Waals surface area contributed by atoms with Crippen molar-refractivity contribution in [1.29, 1.82) is 0 Å². The monoisotopic (exact) mass is 395 g/mol. The number of rotatable bonds is 6. The zero-order valence-electron chi connectivity index (χ0n) is 16.2. The number of methoxy groups -OCH3 is 1. The average molecular weight is 395 g/mol. The van der Waals surface area contributed by atoms with Crippen LogP contribution in [0.2, 0.25) is 0 Å². The number of nitro groups is 1. The standard InChI is InChI=1S/C21H22N4O4/c1-29-17-6-7-20-18(12-17)19(13-22-20)21(26)14-23-8-10-24(11-9-23)15-2-4-16(5-3-15)25(27)28/h2-7,12-13,22H,8-11,14H2,1H3/p+1. The molecular weight excluding hydrogens is 372 g/mol. The number of benzene rings is 2. The number of hydrogen-bond donors (Lipinski definition) is 2. The first-order valence-corrected chi connectivity index (χ1v) is 9.56. The number of ether oxygens (including phenoxy) is 1. The summed E-state index contributed by atoms with van der Waals surface area (Å²) < 4.78 is 5.28. The summed E-state index contributed by atoms with van der Waals surface area (Å²) in [7, 11) is 1.61. The summed E-state index contributed by atoms with van der Waals surface area (Å²) in [5, 5.41) is 11.7. The van der Waals surface area contributed by atoms with Crippen LogP contribution in [0.25, 0.3) is 10.9 Å². The molecular formula is C21H23N4O4+. The maximum absolute atomic E-state index is 12.9. The fraction of sp³-hybridized carbons (Fsp3) is 0.286. The third kappa shape index (κ3) is 3.93. The number of aromatic amines is 1. The van der Waals surface area contributed by atoms with Crippen molar-refractivity contribution in [3.8, 4) is 5.75 Å². The van der Waals surface area contributed by atoms with E-state index in [1.807, 2.05) is 18.2 Å². The molecule has 0 amide bonds. The van der Waals surface area contributed by atoms with E-state index in [9.17, 15) is 14.9 Å². The first-order chi connectivity index (χ1) is 14.0. The predicted octanol–water partition coefficient (Wildman–Crippen LogP) is 1.67. The number of fused-ring (bicyclic) bond motifs is 1. The van der Waals surface area contributed by atoms with Crippen LogP contribution in [-0.4, -0.2) is 55.5 Å². The molecule has 0 atom stereocenters. The second kappa shape index (κ2) is 7.92. The smallest absolute Gasteiger partial charge is 0.269 e. The van der Waals surface area contributed by atoms with E-state index in [1.165, 1.54) is 17.0 Å². The molecule has 2 aromatic carbocycles. The van der Waals surface area contributed by atoms with Gasteiger partial charge < -0.3 is 19.5 Å². The van der Waals surface area contributed by atoms with Crippen LogP contribution in [-0.2, 0) is 0 Å². The summed E-state index contributed by atoms with van der Waals surface area (Å²) in [5.74, 6) is 0.846. The minimum Gasteiger partial charge on any atom is -0.497 e. The molecule has 0 bridgehead atoms. The normalized spacial score (nSPS) is 14.9. The Kier molecular flexibility index (Phi) is 5.18. The van der Waals surface area contributed by atoms with E-state index in [0.717, 1.165) is 48.5 Å². The second-order valence-corrected chi connectivity index (χ2v) is 7.22. The molecule has 1 aromatic heterocycles. The maximum Gasteiger partial charge on any atom is 0.269 e. The lowest BCUT2D eigenvalue weighted by Gasteiger charge is -2.33. The van der Waals surface area contributed by atoms with E-state index in [1.54, 1.807) is 25.4 Å². The lowest BCUT2D eigenvalue weighted by molar-refractivity contribution is -0.892. The van der Waals surface area contributed by atoms with Crippen LogP contribution in [0.5, 0.6) is 5.75 Å². The molecule has 8 heteroatoms. The lowest BCUT2D eigenvalue weighted by atomic mass is 10.1. The first kappa shape index (κ1) is 18.9. The first-order valence-electron chi connectivity index (χ1n) is 9.56. The van der Waals surface area contributed by atoms with Gasteiger partial charge in [0.15, 0.2) is 0 Å². The number of carbonyl (C=O) groups is 1. The molecule has 4 rings (SSSR count). The molecule has 29 heavy (non-hydrogen) atoms. The highest BCUT2D eigenvalue weighted by atomic mass is 16.6. The van der Waals surface area contributed by atoms with Crippen LogP contribution in [0.4, 0.5) is 11.4 Å². The number of quaternary nitrogens is 1. The fourth-order valence-electron chi connectivity index (χ4n) is 3.82. The molecule has 0 spiro atoms. The molecule has 0 radical (unpaired) electrons. The summed E-state index contributed by atoms with van der Waals surface area (Å²) in [6.45, 7) is 3.74. The van der Waals surface area contributed by atoms with Gasteiger partial charge in [0.1, 0.15) is 12.3 Å². The highest BCUT2D eigenvalue weighted by molar-refractivity contribution is 6.08. The molecule has 0 aliphatic carbocycles. The Morgan fingerprint density at radius 3 is 2.59 bits per heavy atom. The van der Waals surface area contributed by atoms with Crippen LogP contribution in [0, 0.1) is 10.1 Å². The van der Waals surface area contributed by atoms with Crippen LogP contribution in [0.1, 0.15) is 10.4 Å². The molecule has 1 aliphatic rings. The third-order valence-electron chi connectivity index (χ3n) is 5.50. The van der Waals surface area contributed by atoms with Gasteiger partial charge in [-0.3, -0.25) is 14.9 Å². The van der Waals surface area contributed by atoms with Gasteiger partial charge in [-0.15, -0.1) is 0 Å². The number of nitrogens with one attached hydrogen (secondary N) is 2. The van der Waals surface area contributed by atoms with Gasteiger partial charge in [0, 0.05) is 40.5 Å². The fourth-order valence-corrected chi connectivity index (χ4v) is 3.82. The van der Waals surface area contributed by atoms with E-state index >= 15 is 0 Å². The Bertz CT molecular complexity index is 1040. The lowest BCUT2D eigenvalue weighted by Crippen LogP contribution is -3.15.